The SMILES string of the molecule is Cc1cc2c(cnn2-c2ccc(F)cc2)cc1C1CN(S(=O)c2ccn(C)n2)CCN1. The second-order valence-corrected chi connectivity index (χ2v) is 9.20. The van der Waals surface area contributed by atoms with Gasteiger partial charge in [0.25, 0.3) is 0 Å². The Labute approximate surface area is 182 Å². The van der Waals surface area contributed by atoms with Crippen LogP contribution in [0.3, 0.4) is 0 Å². The number of rotatable bonds is 4. The Morgan fingerprint density at radius 1 is 1.19 bits per heavy atom. The molecule has 1 N–H and O–H groups in total. The van der Waals surface area contributed by atoms with Crippen LogP contribution in [0.1, 0.15) is 17.2 Å². The first-order valence-electron chi connectivity index (χ1n) is 10.1. The van der Waals surface area contributed by atoms with Crippen LogP contribution in [-0.4, -0.2) is 47.7 Å². The Bertz CT molecular complexity index is 1260. The molecule has 4 aromatic rings. The predicted molar refractivity (Wildman–Crippen MR) is 118 cm³/mol. The largest absolute Gasteiger partial charge is 0.307 e. The van der Waals surface area contributed by atoms with Gasteiger partial charge < -0.3 is 5.32 Å². The van der Waals surface area contributed by atoms with E-state index >= 15 is 0 Å². The van der Waals surface area contributed by atoms with Gasteiger partial charge in [-0.2, -0.15) is 10.2 Å². The van der Waals surface area contributed by atoms with Crippen molar-refractivity contribution in [3.8, 4) is 5.69 Å². The monoisotopic (exact) mass is 438 g/mol. The van der Waals surface area contributed by atoms with Crippen LogP contribution in [0.5, 0.6) is 0 Å². The number of fused-ring (bicyclic) bond motifs is 1. The molecule has 2 aromatic carbocycles. The minimum atomic E-state index is -1.29. The van der Waals surface area contributed by atoms with Crippen LogP contribution >= 0.6 is 0 Å². The van der Waals surface area contributed by atoms with E-state index in [1.165, 1.54) is 12.1 Å². The molecule has 1 aliphatic rings. The first kappa shape index (κ1) is 20.0. The van der Waals surface area contributed by atoms with E-state index in [4.69, 9.17) is 0 Å². The second-order valence-electron chi connectivity index (χ2n) is 7.77. The summed E-state index contributed by atoms with van der Waals surface area (Å²) in [6.45, 7) is 4.15. The molecule has 1 fully saturated rings. The molecule has 2 aromatic heterocycles. The van der Waals surface area contributed by atoms with Crippen LogP contribution in [-0.2, 0) is 18.0 Å². The Kier molecular flexibility index (Phi) is 5.17. The van der Waals surface area contributed by atoms with Gasteiger partial charge in [0.15, 0.2) is 5.03 Å². The third-order valence-electron chi connectivity index (χ3n) is 5.64. The average molecular weight is 439 g/mol. The highest BCUT2D eigenvalue weighted by molar-refractivity contribution is 7.82. The zero-order chi connectivity index (χ0) is 21.5. The van der Waals surface area contributed by atoms with E-state index in [0.717, 1.165) is 34.3 Å². The van der Waals surface area contributed by atoms with Gasteiger partial charge >= 0.3 is 0 Å². The summed E-state index contributed by atoms with van der Waals surface area (Å²) in [7, 11) is 0.540. The van der Waals surface area contributed by atoms with Gasteiger partial charge in [0, 0.05) is 44.3 Å². The molecule has 160 valence electrons. The Morgan fingerprint density at radius 3 is 2.74 bits per heavy atom. The summed E-state index contributed by atoms with van der Waals surface area (Å²) < 4.78 is 31.7. The first-order valence-corrected chi connectivity index (χ1v) is 11.2. The van der Waals surface area contributed by atoms with Crippen LogP contribution < -0.4 is 5.32 Å². The number of nitrogens with zero attached hydrogens (tertiary/aromatic N) is 5. The fraction of sp³-hybridized carbons (Fsp3) is 0.273. The molecule has 2 unspecified atom stereocenters. The molecule has 31 heavy (non-hydrogen) atoms. The molecule has 0 aliphatic carbocycles. The number of halogens is 1. The molecule has 9 heteroatoms. The number of nitrogens with one attached hydrogen (secondary N) is 1. The molecule has 7 nitrogen and oxygen atoms in total. The topological polar surface area (TPSA) is 68.0 Å². The molecule has 3 heterocycles. The number of hydrogen-bond acceptors (Lipinski definition) is 4. The Hall–Kier alpha value is -2.88. The quantitative estimate of drug-likeness (QED) is 0.532. The third kappa shape index (κ3) is 3.80. The first-order chi connectivity index (χ1) is 15.0. The molecule has 0 radical (unpaired) electrons. The van der Waals surface area contributed by atoms with Crippen molar-refractivity contribution in [2.75, 3.05) is 19.6 Å². The summed E-state index contributed by atoms with van der Waals surface area (Å²) in [6, 6.07) is 12.4. The lowest BCUT2D eigenvalue weighted by Crippen LogP contribution is -2.46. The van der Waals surface area contributed by atoms with Crippen molar-refractivity contribution in [1.29, 1.82) is 0 Å². The van der Waals surface area contributed by atoms with Crippen LogP contribution in [0.25, 0.3) is 16.6 Å². The van der Waals surface area contributed by atoms with Gasteiger partial charge in [0.2, 0.25) is 0 Å². The van der Waals surface area contributed by atoms with Crippen molar-refractivity contribution in [3.63, 3.8) is 0 Å². The average Bonchev–Trinajstić information content (AvgIpc) is 3.39. The van der Waals surface area contributed by atoms with Crippen LogP contribution in [0.15, 0.2) is 59.9 Å². The highest BCUT2D eigenvalue weighted by atomic mass is 32.2. The van der Waals surface area contributed by atoms with E-state index in [-0.39, 0.29) is 11.9 Å². The van der Waals surface area contributed by atoms with Crippen molar-refractivity contribution < 1.29 is 8.60 Å². The van der Waals surface area contributed by atoms with Crippen LogP contribution in [0.2, 0.25) is 0 Å². The molecule has 0 saturated carbocycles. The van der Waals surface area contributed by atoms with E-state index in [2.05, 4.69) is 34.6 Å². The van der Waals surface area contributed by atoms with E-state index < -0.39 is 11.0 Å². The summed E-state index contributed by atoms with van der Waals surface area (Å²) >= 11 is 0. The maximum Gasteiger partial charge on any atom is 0.164 e. The van der Waals surface area contributed by atoms with Gasteiger partial charge in [-0.05, 0) is 60.5 Å². The molecule has 1 saturated heterocycles. The predicted octanol–water partition coefficient (Wildman–Crippen LogP) is 2.88. The second kappa shape index (κ2) is 7.99. The lowest BCUT2D eigenvalue weighted by molar-refractivity contribution is 0.313. The normalized spacial score (nSPS) is 18.5. The van der Waals surface area contributed by atoms with Crippen molar-refractivity contribution in [1.82, 2.24) is 29.2 Å². The van der Waals surface area contributed by atoms with Crippen molar-refractivity contribution in [2.45, 2.75) is 18.0 Å². The molecule has 0 spiro atoms. The molecular weight excluding hydrogens is 415 g/mol. The fourth-order valence-electron chi connectivity index (χ4n) is 4.06. The molecule has 2 atom stereocenters. The van der Waals surface area contributed by atoms with E-state index in [1.54, 1.807) is 22.9 Å². The Morgan fingerprint density at radius 2 is 2.00 bits per heavy atom. The van der Waals surface area contributed by atoms with Gasteiger partial charge in [-0.1, -0.05) is 0 Å². The zero-order valence-electron chi connectivity index (χ0n) is 17.3. The van der Waals surface area contributed by atoms with Gasteiger partial charge in [-0.25, -0.2) is 17.6 Å². The molecular formula is C22H23FN6OS. The summed E-state index contributed by atoms with van der Waals surface area (Å²) in [5, 5.41) is 14.0. The van der Waals surface area contributed by atoms with Crippen LogP contribution in [0, 0.1) is 12.7 Å². The standard InChI is InChI=1S/C22H23FN6OS/c1-15-11-21-16(13-25-29(21)18-5-3-17(23)4-6-18)12-19(15)20-14-28(10-8-24-20)31(30)22-7-9-27(2)26-22/h3-7,9,11-13,20,24H,8,10,14H2,1-2H3. The number of piperazine rings is 1. The number of hydrogen-bond donors (Lipinski definition) is 1. The minimum Gasteiger partial charge on any atom is -0.307 e. The number of benzene rings is 2. The molecule has 5 rings (SSSR count). The summed E-state index contributed by atoms with van der Waals surface area (Å²) in [4.78, 5) is 0. The third-order valence-corrected chi connectivity index (χ3v) is 7.02. The molecule has 0 amide bonds. The van der Waals surface area contributed by atoms with Crippen LogP contribution in [0.4, 0.5) is 4.39 Å². The smallest absolute Gasteiger partial charge is 0.164 e. The van der Waals surface area contributed by atoms with Crippen molar-refractivity contribution in [3.05, 3.63) is 71.8 Å². The van der Waals surface area contributed by atoms with E-state index in [9.17, 15) is 8.60 Å². The highest BCUT2D eigenvalue weighted by Gasteiger charge is 2.27. The number of aryl methyl sites for hydroxylation is 2. The summed E-state index contributed by atoms with van der Waals surface area (Å²) in [6.07, 6.45) is 3.64. The van der Waals surface area contributed by atoms with E-state index in [0.29, 0.717) is 18.1 Å². The molecule has 1 aliphatic heterocycles. The highest BCUT2D eigenvalue weighted by Crippen LogP contribution is 2.28. The maximum atomic E-state index is 13.3. The van der Waals surface area contributed by atoms with Gasteiger partial charge in [-0.3, -0.25) is 4.68 Å². The zero-order valence-corrected chi connectivity index (χ0v) is 18.1. The number of aromatic nitrogens is 4. The summed E-state index contributed by atoms with van der Waals surface area (Å²) in [5.74, 6) is -0.269. The summed E-state index contributed by atoms with van der Waals surface area (Å²) in [5.41, 5.74) is 4.07. The Balaban J connectivity index is 1.44. The van der Waals surface area contributed by atoms with Gasteiger partial charge in [0.1, 0.15) is 16.8 Å². The minimum absolute atomic E-state index is 0.0555. The van der Waals surface area contributed by atoms with E-state index in [1.807, 2.05) is 28.4 Å². The lowest BCUT2D eigenvalue weighted by atomic mass is 9.98. The van der Waals surface area contributed by atoms with Gasteiger partial charge in [0.05, 0.1) is 17.4 Å². The van der Waals surface area contributed by atoms with Crippen molar-refractivity contribution in [2.24, 2.45) is 7.05 Å². The van der Waals surface area contributed by atoms with Gasteiger partial charge in [-0.15, -0.1) is 0 Å². The lowest BCUT2D eigenvalue weighted by Gasteiger charge is -2.33. The fourth-order valence-corrected chi connectivity index (χ4v) is 5.24. The maximum absolute atomic E-state index is 13.3. The molecule has 0 bridgehead atoms. The van der Waals surface area contributed by atoms with Crippen molar-refractivity contribution >= 4 is 21.9 Å².